The van der Waals surface area contributed by atoms with Gasteiger partial charge < -0.3 is 29.9 Å². The van der Waals surface area contributed by atoms with Crippen LogP contribution in [0.2, 0.25) is 0 Å². The molecule has 63 heavy (non-hydrogen) atoms. The Labute approximate surface area is 375 Å². The number of nitrogens with zero attached hydrogens (tertiary/aromatic N) is 4. The van der Waals surface area contributed by atoms with E-state index in [0.29, 0.717) is 38.1 Å². The van der Waals surface area contributed by atoms with Gasteiger partial charge in [0.25, 0.3) is 5.91 Å². The number of carbonyl (C=O) groups excluding carboxylic acids is 5. The zero-order chi connectivity index (χ0) is 44.5. The van der Waals surface area contributed by atoms with E-state index in [1.807, 2.05) is 18.2 Å². The summed E-state index contributed by atoms with van der Waals surface area (Å²) in [4.78, 5) is 71.0. The smallest absolute Gasteiger partial charge is 0.255 e. The number of amides is 3. The molecular formula is C51H58ClN5O6. The van der Waals surface area contributed by atoms with Crippen LogP contribution in [0.5, 0.6) is 5.75 Å². The number of hydrogen-bond acceptors (Lipinski definition) is 8. The first kappa shape index (κ1) is 45.3. The number of halogens is 1. The fourth-order valence-corrected chi connectivity index (χ4v) is 9.81. The van der Waals surface area contributed by atoms with Crippen molar-refractivity contribution in [3.63, 3.8) is 0 Å². The van der Waals surface area contributed by atoms with E-state index in [1.54, 1.807) is 29.2 Å². The third-order valence-electron chi connectivity index (χ3n) is 13.3. The van der Waals surface area contributed by atoms with Gasteiger partial charge in [-0.25, -0.2) is 0 Å². The Hall–Kier alpha value is -5.78. The van der Waals surface area contributed by atoms with Crippen molar-refractivity contribution in [3.8, 4) is 5.75 Å². The number of phenols is 1. The van der Waals surface area contributed by atoms with E-state index >= 15 is 0 Å². The molecule has 2 fully saturated rings. The highest BCUT2D eigenvalue weighted by Gasteiger charge is 2.41. The second kappa shape index (κ2) is 20.6. The van der Waals surface area contributed by atoms with Gasteiger partial charge in [0.1, 0.15) is 18.1 Å². The molecular weight excluding hydrogens is 814 g/mol. The van der Waals surface area contributed by atoms with Crippen LogP contribution in [0.15, 0.2) is 91.0 Å². The molecule has 1 unspecified atom stereocenters. The van der Waals surface area contributed by atoms with Crippen molar-refractivity contribution in [1.29, 1.82) is 0 Å². The van der Waals surface area contributed by atoms with Crippen molar-refractivity contribution >= 4 is 58.7 Å². The average molecular weight is 873 g/mol. The fraction of sp³-hybridized carbons (Fsp3) is 0.392. The maximum atomic E-state index is 13.7. The summed E-state index contributed by atoms with van der Waals surface area (Å²) in [5.74, 6) is -0.0109. The van der Waals surface area contributed by atoms with E-state index < -0.39 is 17.9 Å². The van der Waals surface area contributed by atoms with Crippen molar-refractivity contribution in [2.75, 3.05) is 57.6 Å². The van der Waals surface area contributed by atoms with Gasteiger partial charge in [0, 0.05) is 63.8 Å². The summed E-state index contributed by atoms with van der Waals surface area (Å²) in [6.07, 6.45) is 7.53. The summed E-state index contributed by atoms with van der Waals surface area (Å²) in [6, 6.07) is 29.5. The number of nitrogens with one attached hydrogen (secondary N) is 1. The first-order valence-corrected chi connectivity index (χ1v) is 22.6. The molecule has 2 saturated heterocycles. The van der Waals surface area contributed by atoms with Crippen molar-refractivity contribution in [2.24, 2.45) is 5.41 Å². The molecule has 0 aliphatic carbocycles. The molecule has 7 rings (SSSR count). The molecule has 4 aromatic carbocycles. The lowest BCUT2D eigenvalue weighted by atomic mass is 9.78. The minimum atomic E-state index is -0.869. The minimum Gasteiger partial charge on any atom is -0.508 e. The standard InChI is InChI=1S/C51H58ClN5O6/c1-53-49(62)46(12-8-28-58)54(2)50(63)45-30-40-32-57(31-39(40)29-41(45)34-59)47(61)33-55-25-21-51(22-26-55)23-27-56(35-51)42-17-13-37(14-18-42)48(38-15-19-43(60)20-16-38)44(11-6-7-24-52)36-9-4-3-5-10-36/h3-5,9-10,13-20,28-30,34,46,60H,6-8,11-12,21-27,31-33,35H2,1-2H3,(H,53,62)/b48-44+. The fourth-order valence-electron chi connectivity index (χ4n) is 9.63. The van der Waals surface area contributed by atoms with Crippen LogP contribution in [0.1, 0.15) is 99.9 Å². The lowest BCUT2D eigenvalue weighted by Gasteiger charge is -2.39. The Morgan fingerprint density at radius 1 is 0.857 bits per heavy atom. The van der Waals surface area contributed by atoms with Gasteiger partial charge in [-0.1, -0.05) is 54.6 Å². The predicted octanol–water partition coefficient (Wildman–Crippen LogP) is 7.57. The van der Waals surface area contributed by atoms with Gasteiger partial charge in [-0.05, 0) is 139 Å². The normalized spacial score (nSPS) is 16.6. The topological polar surface area (TPSA) is 131 Å². The molecule has 1 atom stereocenters. The Bertz CT molecular complexity index is 2310. The number of likely N-dealkylation sites (N-methyl/N-ethyl adjacent to an activating group) is 2. The number of aromatic hydroxyl groups is 1. The van der Waals surface area contributed by atoms with Gasteiger partial charge in [0.15, 0.2) is 6.29 Å². The number of anilines is 1. The van der Waals surface area contributed by atoms with E-state index in [2.05, 4.69) is 63.6 Å². The summed E-state index contributed by atoms with van der Waals surface area (Å²) < 4.78 is 0. The monoisotopic (exact) mass is 871 g/mol. The molecule has 3 heterocycles. The zero-order valence-corrected chi connectivity index (χ0v) is 37.1. The molecule has 0 radical (unpaired) electrons. The van der Waals surface area contributed by atoms with Crippen LogP contribution in [-0.4, -0.2) is 109 Å². The Morgan fingerprint density at radius 2 is 1.51 bits per heavy atom. The Balaban J connectivity index is 0.976. The SMILES string of the molecule is CNC(=O)C(CCC=O)N(C)C(=O)c1cc2c(cc1C=O)CN(C(=O)CN1CCC3(CC1)CCN(c1ccc(/C(=C(/CCCCCl)c4ccccc4)c4ccc(O)cc4)cc1)C3)C2. The highest BCUT2D eigenvalue weighted by molar-refractivity contribution is 6.17. The highest BCUT2D eigenvalue weighted by Crippen LogP contribution is 2.43. The predicted molar refractivity (Wildman–Crippen MR) is 248 cm³/mol. The number of aldehydes is 2. The number of phenolic OH excluding ortho intramolecular Hbond substituents is 1. The maximum Gasteiger partial charge on any atom is 0.255 e. The summed E-state index contributed by atoms with van der Waals surface area (Å²) in [7, 11) is 2.97. The summed E-state index contributed by atoms with van der Waals surface area (Å²) in [5, 5.41) is 12.7. The Kier molecular flexibility index (Phi) is 14.8. The number of allylic oxidation sites excluding steroid dienone is 1. The van der Waals surface area contributed by atoms with Gasteiger partial charge in [-0.3, -0.25) is 24.1 Å². The van der Waals surface area contributed by atoms with Gasteiger partial charge in [0.05, 0.1) is 12.1 Å². The molecule has 12 heteroatoms. The van der Waals surface area contributed by atoms with Crippen LogP contribution in [0.25, 0.3) is 11.1 Å². The van der Waals surface area contributed by atoms with Gasteiger partial charge in [0.2, 0.25) is 11.8 Å². The number of rotatable bonds is 17. The second-order valence-electron chi connectivity index (χ2n) is 17.3. The van der Waals surface area contributed by atoms with Gasteiger partial charge >= 0.3 is 0 Å². The van der Waals surface area contributed by atoms with Gasteiger partial charge in [-0.15, -0.1) is 11.6 Å². The molecule has 3 amide bonds. The van der Waals surface area contributed by atoms with Crippen molar-refractivity contribution in [1.82, 2.24) is 20.0 Å². The first-order chi connectivity index (χ1) is 30.6. The molecule has 0 bridgehead atoms. The Morgan fingerprint density at radius 3 is 2.14 bits per heavy atom. The molecule has 1 spiro atoms. The largest absolute Gasteiger partial charge is 0.508 e. The third-order valence-corrected chi connectivity index (χ3v) is 13.6. The number of unbranched alkanes of at least 4 members (excludes halogenated alkanes) is 1. The zero-order valence-electron chi connectivity index (χ0n) is 36.4. The summed E-state index contributed by atoms with van der Waals surface area (Å²) in [5.41, 5.74) is 9.19. The summed E-state index contributed by atoms with van der Waals surface area (Å²) >= 11 is 6.11. The molecule has 11 nitrogen and oxygen atoms in total. The van der Waals surface area contributed by atoms with Crippen molar-refractivity contribution in [2.45, 2.75) is 70.5 Å². The lowest BCUT2D eigenvalue weighted by molar-refractivity contribution is -0.133. The van der Waals surface area contributed by atoms with Gasteiger partial charge in [-0.2, -0.15) is 0 Å². The van der Waals surface area contributed by atoms with E-state index in [0.717, 1.165) is 92.5 Å². The number of likely N-dealkylation sites (tertiary alicyclic amines) is 1. The first-order valence-electron chi connectivity index (χ1n) is 22.1. The van der Waals surface area contributed by atoms with Crippen LogP contribution in [0.4, 0.5) is 5.69 Å². The highest BCUT2D eigenvalue weighted by atomic mass is 35.5. The van der Waals surface area contributed by atoms with E-state index in [4.69, 9.17) is 11.6 Å². The number of carbonyl (C=O) groups is 5. The molecule has 0 saturated carbocycles. The van der Waals surface area contributed by atoms with Crippen LogP contribution in [-0.2, 0) is 27.5 Å². The van der Waals surface area contributed by atoms with Crippen molar-refractivity contribution < 1.29 is 29.1 Å². The molecule has 0 aromatic heterocycles. The van der Waals surface area contributed by atoms with Crippen LogP contribution >= 0.6 is 11.6 Å². The second-order valence-corrected chi connectivity index (χ2v) is 17.7. The number of benzene rings is 4. The lowest BCUT2D eigenvalue weighted by Crippen LogP contribution is -2.47. The quantitative estimate of drug-likeness (QED) is 0.0481. The van der Waals surface area contributed by atoms with Crippen LogP contribution < -0.4 is 10.2 Å². The van der Waals surface area contributed by atoms with E-state index in [9.17, 15) is 29.1 Å². The van der Waals surface area contributed by atoms with E-state index in [-0.39, 0.29) is 41.0 Å². The molecule has 2 N–H and O–H groups in total. The van der Waals surface area contributed by atoms with Crippen LogP contribution in [0.3, 0.4) is 0 Å². The molecule has 4 aromatic rings. The number of piperidine rings is 1. The number of fused-ring (bicyclic) bond motifs is 1. The molecule has 330 valence electrons. The van der Waals surface area contributed by atoms with E-state index in [1.165, 1.54) is 35.8 Å². The summed E-state index contributed by atoms with van der Waals surface area (Å²) in [6.45, 7) is 4.63. The number of alkyl halides is 1. The number of hydrogen-bond donors (Lipinski definition) is 2. The van der Waals surface area contributed by atoms with Crippen LogP contribution in [0, 0.1) is 5.41 Å². The third kappa shape index (κ3) is 10.4. The average Bonchev–Trinajstić information content (AvgIpc) is 3.94. The van der Waals surface area contributed by atoms with Crippen molar-refractivity contribution in [3.05, 3.63) is 130 Å². The molecule has 3 aliphatic heterocycles. The molecule has 3 aliphatic rings. The minimum absolute atomic E-state index is 0.0108. The maximum absolute atomic E-state index is 13.7.